The molecule has 4 aromatic rings. The minimum atomic E-state index is -0.484. The molecule has 0 aromatic heterocycles. The lowest BCUT2D eigenvalue weighted by molar-refractivity contribution is 0.0471. The van der Waals surface area contributed by atoms with E-state index in [2.05, 4.69) is 57.9 Å². The van der Waals surface area contributed by atoms with Crippen molar-refractivity contribution in [1.82, 2.24) is 0 Å². The molecule has 0 fully saturated rings. The molecule has 4 aromatic carbocycles. The highest BCUT2D eigenvalue weighted by Crippen LogP contribution is 2.33. The normalized spacial score (nSPS) is 11.2. The molecule has 0 atom stereocenters. The van der Waals surface area contributed by atoms with Gasteiger partial charge in [0, 0.05) is 11.6 Å². The first kappa shape index (κ1) is 81.1. The summed E-state index contributed by atoms with van der Waals surface area (Å²) in [5.41, 5.74) is 3.81. The molecule has 0 aliphatic carbocycles. The lowest BCUT2D eigenvalue weighted by Gasteiger charge is -2.16. The van der Waals surface area contributed by atoms with Crippen LogP contribution >= 0.6 is 0 Å². The van der Waals surface area contributed by atoms with Crippen molar-refractivity contribution in [3.8, 4) is 46.8 Å². The van der Waals surface area contributed by atoms with Crippen LogP contribution in [-0.2, 0) is 24.6 Å². The van der Waals surface area contributed by atoms with Crippen molar-refractivity contribution in [2.24, 2.45) is 0 Å². The first-order valence-electron chi connectivity index (χ1n) is 39.4. The highest BCUT2D eigenvalue weighted by Gasteiger charge is 2.16. The Hall–Kier alpha value is -5.29. The Kier molecular flexibility index (Phi) is 50.0. The molecule has 0 aliphatic rings. The van der Waals surface area contributed by atoms with E-state index in [4.69, 9.17) is 39.6 Å². The Bertz CT molecular complexity index is 2330. The van der Waals surface area contributed by atoms with Crippen LogP contribution < -0.4 is 28.4 Å². The van der Waals surface area contributed by atoms with Gasteiger partial charge in [0.05, 0.1) is 32.0 Å². The summed E-state index contributed by atoms with van der Waals surface area (Å²) < 4.78 is 45.1. The fraction of sp³-hybridized carbons (Fsp3) is 0.686. The van der Waals surface area contributed by atoms with Crippen LogP contribution in [0.2, 0.25) is 0 Å². The summed E-state index contributed by atoms with van der Waals surface area (Å²) in [7, 11) is 0. The summed E-state index contributed by atoms with van der Waals surface area (Å²) in [6.45, 7) is 12.3. The van der Waals surface area contributed by atoms with Crippen molar-refractivity contribution in [3.63, 3.8) is 0 Å². The van der Waals surface area contributed by atoms with E-state index in [0.717, 1.165) is 83.8 Å². The van der Waals surface area contributed by atoms with Crippen LogP contribution in [0.5, 0.6) is 34.5 Å². The first-order valence-corrected chi connectivity index (χ1v) is 39.4. The van der Waals surface area contributed by atoms with Crippen LogP contribution in [0.1, 0.15) is 369 Å². The highest BCUT2D eigenvalue weighted by atomic mass is 16.5. The van der Waals surface area contributed by atoms with Crippen molar-refractivity contribution in [2.45, 2.75) is 356 Å². The maximum absolute atomic E-state index is 13.9. The van der Waals surface area contributed by atoms with Crippen LogP contribution in [0.3, 0.4) is 0 Å². The monoisotopic (exact) mass is 1300 g/mol. The summed E-state index contributed by atoms with van der Waals surface area (Å²) in [4.78, 5) is 13.9. The second-order valence-electron chi connectivity index (χ2n) is 27.2. The fourth-order valence-electron chi connectivity index (χ4n) is 12.4. The summed E-state index contributed by atoms with van der Waals surface area (Å²) in [5, 5.41) is 0. The van der Waals surface area contributed by atoms with E-state index in [-0.39, 0.29) is 19.8 Å². The zero-order valence-corrected chi connectivity index (χ0v) is 60.7. The quantitative estimate of drug-likeness (QED) is 0.0246. The summed E-state index contributed by atoms with van der Waals surface area (Å²) >= 11 is 0. The molecule has 0 unspecified atom stereocenters. The number of carbonyl (C=O) groups is 1. The van der Waals surface area contributed by atoms with Gasteiger partial charge in [0.1, 0.15) is 31.3 Å². The third-order valence-electron chi connectivity index (χ3n) is 18.5. The first-order chi connectivity index (χ1) is 46.5. The summed E-state index contributed by atoms with van der Waals surface area (Å²) in [5.74, 6) is 6.20. The molecular formula is C86H136O8. The maximum Gasteiger partial charge on any atom is 0.338 e. The number of esters is 1. The molecule has 0 heterocycles. The number of terminal acetylenes is 1. The number of hydrogen-bond donors (Lipinski definition) is 0. The van der Waals surface area contributed by atoms with Crippen molar-refractivity contribution in [2.75, 3.05) is 26.4 Å². The van der Waals surface area contributed by atoms with Gasteiger partial charge in [-0.15, -0.1) is 6.42 Å². The smallest absolute Gasteiger partial charge is 0.338 e. The van der Waals surface area contributed by atoms with E-state index in [0.29, 0.717) is 43.5 Å². The molecule has 0 radical (unpaired) electrons. The molecule has 0 aliphatic heterocycles. The van der Waals surface area contributed by atoms with Gasteiger partial charge in [-0.2, -0.15) is 0 Å². The standard InChI is InChI=1S/C86H136O8/c1-6-11-15-19-23-27-31-35-39-43-47-51-63-88-82-61-59-77(67-84(82)90-65-53-49-45-41-37-33-29-25-21-17-13-8-3)73-92-80-69-79(86(87)94-72-76-57-55-75(10-5)56-58-76)70-81(71-80)93-74-78-60-62-83(89-64-52-48-44-40-36-32-28-24-20-16-12-7-2)85(68-78)91-66-54-50-46-42-38-34-30-26-22-18-14-9-4/h5,55-62,67-71H,6-9,11-54,63-66,72-74H2,1-4H3. The minimum absolute atomic E-state index is 0.0937. The Morgan fingerprint density at radius 2 is 0.553 bits per heavy atom. The molecule has 528 valence electrons. The van der Waals surface area contributed by atoms with Crippen LogP contribution in [0.4, 0.5) is 0 Å². The lowest BCUT2D eigenvalue weighted by Crippen LogP contribution is -2.07. The third-order valence-corrected chi connectivity index (χ3v) is 18.5. The van der Waals surface area contributed by atoms with E-state index in [1.807, 2.05) is 42.5 Å². The second-order valence-corrected chi connectivity index (χ2v) is 27.2. The zero-order valence-electron chi connectivity index (χ0n) is 60.7. The number of ether oxygens (including phenoxy) is 7. The van der Waals surface area contributed by atoms with Gasteiger partial charge in [-0.3, -0.25) is 0 Å². The molecule has 0 bridgehead atoms. The van der Waals surface area contributed by atoms with Crippen LogP contribution in [0, 0.1) is 12.3 Å². The Morgan fingerprint density at radius 1 is 0.287 bits per heavy atom. The van der Waals surface area contributed by atoms with Gasteiger partial charge in [-0.05, 0) is 90.9 Å². The highest BCUT2D eigenvalue weighted by molar-refractivity contribution is 5.90. The molecule has 94 heavy (non-hydrogen) atoms. The zero-order chi connectivity index (χ0) is 66.7. The number of rotatable bonds is 65. The Balaban J connectivity index is 1.43. The number of carbonyl (C=O) groups excluding carboxylic acids is 1. The molecule has 0 saturated carbocycles. The average molecular weight is 1300 g/mol. The third kappa shape index (κ3) is 41.6. The number of unbranched alkanes of at least 4 members (excludes halogenated alkanes) is 44. The average Bonchev–Trinajstić information content (AvgIpc) is 1.08. The van der Waals surface area contributed by atoms with E-state index in [1.54, 1.807) is 12.1 Å². The molecule has 4 rings (SSSR count). The van der Waals surface area contributed by atoms with Crippen LogP contribution in [0.15, 0.2) is 78.9 Å². The largest absolute Gasteiger partial charge is 0.490 e. The van der Waals surface area contributed by atoms with Crippen LogP contribution in [0.25, 0.3) is 0 Å². The van der Waals surface area contributed by atoms with Gasteiger partial charge in [-0.25, -0.2) is 4.79 Å². The molecular weight excluding hydrogens is 1160 g/mol. The van der Waals surface area contributed by atoms with Crippen molar-refractivity contribution >= 4 is 5.97 Å². The molecule has 0 spiro atoms. The van der Waals surface area contributed by atoms with Crippen LogP contribution in [-0.4, -0.2) is 32.4 Å². The number of hydrogen-bond acceptors (Lipinski definition) is 8. The predicted octanol–water partition coefficient (Wildman–Crippen LogP) is 26.5. The van der Waals surface area contributed by atoms with Gasteiger partial charge >= 0.3 is 5.97 Å². The fourth-order valence-corrected chi connectivity index (χ4v) is 12.4. The maximum atomic E-state index is 13.9. The van der Waals surface area contributed by atoms with Crippen molar-refractivity contribution in [3.05, 3.63) is 107 Å². The molecule has 8 nitrogen and oxygen atoms in total. The van der Waals surface area contributed by atoms with Crippen molar-refractivity contribution in [1.29, 1.82) is 0 Å². The van der Waals surface area contributed by atoms with Gasteiger partial charge in [0.15, 0.2) is 23.0 Å². The Morgan fingerprint density at radius 3 is 0.840 bits per heavy atom. The van der Waals surface area contributed by atoms with E-state index in [1.165, 1.54) is 270 Å². The number of benzene rings is 4. The minimum Gasteiger partial charge on any atom is -0.490 e. The van der Waals surface area contributed by atoms with Gasteiger partial charge < -0.3 is 33.2 Å². The lowest BCUT2D eigenvalue weighted by atomic mass is 10.1. The van der Waals surface area contributed by atoms with E-state index < -0.39 is 5.97 Å². The van der Waals surface area contributed by atoms with E-state index in [9.17, 15) is 4.79 Å². The van der Waals surface area contributed by atoms with Gasteiger partial charge in [0.2, 0.25) is 0 Å². The van der Waals surface area contributed by atoms with E-state index >= 15 is 0 Å². The molecule has 0 amide bonds. The molecule has 0 saturated heterocycles. The van der Waals surface area contributed by atoms with Gasteiger partial charge in [-0.1, -0.05) is 340 Å². The van der Waals surface area contributed by atoms with Crippen molar-refractivity contribution < 1.29 is 38.0 Å². The van der Waals surface area contributed by atoms with Gasteiger partial charge in [0.25, 0.3) is 0 Å². The molecule has 8 heteroatoms. The topological polar surface area (TPSA) is 81.7 Å². The second kappa shape index (κ2) is 57.9. The Labute approximate surface area is 576 Å². The SMILES string of the molecule is C#Cc1ccc(COC(=O)c2cc(OCc3ccc(OCCCCCCCCCCCCCC)c(OCCCCCCCCCCCCCC)c3)cc(OCc3ccc(OCCCCCCCCCCCCCC)c(OCCCCCCCCCCCCCC)c3)c2)cc1. The summed E-state index contributed by atoms with van der Waals surface area (Å²) in [6, 6.07) is 25.1. The predicted molar refractivity (Wildman–Crippen MR) is 398 cm³/mol. The molecule has 0 N–H and O–H groups in total. The summed E-state index contributed by atoms with van der Waals surface area (Å²) in [6.07, 6.45) is 68.1.